The predicted octanol–water partition coefficient (Wildman–Crippen LogP) is 1.72. The fraction of sp³-hybridized carbons (Fsp3) is 0.176. The average molecular weight is 403 g/mol. The summed E-state index contributed by atoms with van der Waals surface area (Å²) in [6.45, 7) is 0.387. The maximum atomic E-state index is 12.3. The number of H-pyrrole nitrogens is 1. The van der Waals surface area contributed by atoms with E-state index in [1.54, 1.807) is 18.2 Å². The first-order chi connectivity index (χ1) is 13.3. The first-order valence-electron chi connectivity index (χ1n) is 8.21. The number of hydrogen-bond donors (Lipinski definition) is 3. The summed E-state index contributed by atoms with van der Waals surface area (Å²) in [5.74, 6) is -0.374. The van der Waals surface area contributed by atoms with Crippen LogP contribution < -0.4 is 10.6 Å². The van der Waals surface area contributed by atoms with Gasteiger partial charge in [0.1, 0.15) is 5.69 Å². The van der Waals surface area contributed by atoms with Gasteiger partial charge in [0, 0.05) is 30.8 Å². The summed E-state index contributed by atoms with van der Waals surface area (Å²) < 4.78 is 23.1. The van der Waals surface area contributed by atoms with E-state index in [-0.39, 0.29) is 41.0 Å². The van der Waals surface area contributed by atoms with Crippen LogP contribution in [0.2, 0.25) is 0 Å². The largest absolute Gasteiger partial charge is 0.378 e. The predicted molar refractivity (Wildman–Crippen MR) is 103 cm³/mol. The third kappa shape index (κ3) is 4.09. The SMILES string of the molecule is CS(=O)(=O)c1ccc(NCCNC(=O)c2n[nH]c3ccccc23)c([N+](=O)[O-])c1. The van der Waals surface area contributed by atoms with Gasteiger partial charge in [-0.05, 0) is 18.2 Å². The number of para-hydroxylation sites is 1. The van der Waals surface area contributed by atoms with Crippen LogP contribution >= 0.6 is 0 Å². The van der Waals surface area contributed by atoms with Crippen molar-refractivity contribution in [3.05, 3.63) is 58.3 Å². The van der Waals surface area contributed by atoms with Crippen molar-refractivity contribution < 1.29 is 18.1 Å². The number of carbonyl (C=O) groups excluding carboxylic acids is 1. The second kappa shape index (κ2) is 7.64. The van der Waals surface area contributed by atoms with Crippen LogP contribution in [0.5, 0.6) is 0 Å². The highest BCUT2D eigenvalue weighted by atomic mass is 32.2. The van der Waals surface area contributed by atoms with Crippen LogP contribution in [-0.2, 0) is 9.84 Å². The molecule has 3 aromatic rings. The first-order valence-corrected chi connectivity index (χ1v) is 10.1. The lowest BCUT2D eigenvalue weighted by molar-refractivity contribution is -0.384. The second-order valence-corrected chi connectivity index (χ2v) is 8.02. The van der Waals surface area contributed by atoms with Crippen molar-refractivity contribution in [2.45, 2.75) is 4.90 Å². The zero-order valence-corrected chi connectivity index (χ0v) is 15.6. The molecule has 28 heavy (non-hydrogen) atoms. The van der Waals surface area contributed by atoms with Gasteiger partial charge in [-0.3, -0.25) is 20.0 Å². The van der Waals surface area contributed by atoms with E-state index in [0.29, 0.717) is 5.39 Å². The van der Waals surface area contributed by atoms with E-state index in [1.807, 2.05) is 6.07 Å². The lowest BCUT2D eigenvalue weighted by atomic mass is 10.2. The van der Waals surface area contributed by atoms with Crippen molar-refractivity contribution in [1.82, 2.24) is 15.5 Å². The smallest absolute Gasteiger partial charge is 0.293 e. The van der Waals surface area contributed by atoms with E-state index in [2.05, 4.69) is 20.8 Å². The van der Waals surface area contributed by atoms with Crippen LogP contribution in [-0.4, -0.2) is 48.8 Å². The Hall–Kier alpha value is -3.47. The third-order valence-corrected chi connectivity index (χ3v) is 5.12. The molecule has 0 fully saturated rings. The molecule has 1 amide bonds. The zero-order chi connectivity index (χ0) is 20.3. The molecule has 0 saturated heterocycles. The maximum Gasteiger partial charge on any atom is 0.293 e. The number of fused-ring (bicyclic) bond motifs is 1. The molecule has 0 aliphatic heterocycles. The molecule has 1 heterocycles. The standard InChI is InChI=1S/C17H17N5O5S/c1-28(26,27)11-6-7-14(15(10-11)22(24)25)18-8-9-19-17(23)16-12-4-2-3-5-13(12)20-21-16/h2-7,10,18H,8-9H2,1H3,(H,19,23)(H,20,21). The molecule has 1 aromatic heterocycles. The Morgan fingerprint density at radius 3 is 2.68 bits per heavy atom. The highest BCUT2D eigenvalue weighted by Crippen LogP contribution is 2.27. The molecule has 3 N–H and O–H groups in total. The molecule has 3 rings (SSSR count). The lowest BCUT2D eigenvalue weighted by Crippen LogP contribution is -2.29. The Kier molecular flexibility index (Phi) is 5.27. The molecule has 0 unspecified atom stereocenters. The van der Waals surface area contributed by atoms with Crippen molar-refractivity contribution >= 4 is 38.0 Å². The Morgan fingerprint density at radius 2 is 1.96 bits per heavy atom. The number of nitrogens with zero attached hydrogens (tertiary/aromatic N) is 2. The lowest BCUT2D eigenvalue weighted by Gasteiger charge is -2.09. The van der Waals surface area contributed by atoms with Crippen molar-refractivity contribution in [1.29, 1.82) is 0 Å². The van der Waals surface area contributed by atoms with Crippen molar-refractivity contribution in [3.8, 4) is 0 Å². The molecule has 11 heteroatoms. The Bertz CT molecular complexity index is 1160. The Labute approximate surface area is 160 Å². The Morgan fingerprint density at radius 1 is 1.21 bits per heavy atom. The van der Waals surface area contributed by atoms with Crippen molar-refractivity contribution in [2.24, 2.45) is 0 Å². The summed E-state index contributed by atoms with van der Waals surface area (Å²) in [5.41, 5.74) is 0.816. The average Bonchev–Trinajstić information content (AvgIpc) is 3.08. The van der Waals surface area contributed by atoms with Gasteiger partial charge in [-0.2, -0.15) is 5.10 Å². The molecule has 0 atom stereocenters. The number of benzene rings is 2. The normalized spacial score (nSPS) is 11.3. The first kappa shape index (κ1) is 19.3. The molecule has 0 bridgehead atoms. The summed E-state index contributed by atoms with van der Waals surface area (Å²) in [6.07, 6.45) is 0.980. The van der Waals surface area contributed by atoms with Crippen LogP contribution in [0, 0.1) is 10.1 Å². The van der Waals surface area contributed by atoms with Gasteiger partial charge in [0.25, 0.3) is 11.6 Å². The van der Waals surface area contributed by atoms with Crippen LogP contribution in [0.1, 0.15) is 10.5 Å². The number of anilines is 1. The summed E-state index contributed by atoms with van der Waals surface area (Å²) in [5, 5.41) is 24.2. The third-order valence-electron chi connectivity index (χ3n) is 4.01. The highest BCUT2D eigenvalue weighted by molar-refractivity contribution is 7.90. The number of hydrogen-bond acceptors (Lipinski definition) is 7. The maximum absolute atomic E-state index is 12.3. The number of nitrogens with one attached hydrogen (secondary N) is 3. The highest BCUT2D eigenvalue weighted by Gasteiger charge is 2.19. The molecule has 0 aliphatic rings. The number of carbonyl (C=O) groups is 1. The summed E-state index contributed by atoms with van der Waals surface area (Å²) in [6, 6.07) is 10.8. The van der Waals surface area contributed by atoms with E-state index >= 15 is 0 Å². The van der Waals surface area contributed by atoms with Crippen LogP contribution in [0.25, 0.3) is 10.9 Å². The molecule has 146 valence electrons. The number of nitro groups is 1. The fourth-order valence-corrected chi connectivity index (χ4v) is 3.28. The molecule has 10 nitrogen and oxygen atoms in total. The number of sulfone groups is 1. The molecule has 0 spiro atoms. The second-order valence-electron chi connectivity index (χ2n) is 6.01. The van der Waals surface area contributed by atoms with Crippen LogP contribution in [0.4, 0.5) is 11.4 Å². The minimum absolute atomic E-state index is 0.136. The quantitative estimate of drug-likeness (QED) is 0.309. The van der Waals surface area contributed by atoms with E-state index in [4.69, 9.17) is 0 Å². The molecule has 0 saturated carbocycles. The monoisotopic (exact) mass is 403 g/mol. The van der Waals surface area contributed by atoms with Gasteiger partial charge in [-0.1, -0.05) is 18.2 Å². The van der Waals surface area contributed by atoms with Gasteiger partial charge in [0.05, 0.1) is 15.3 Å². The fourth-order valence-electron chi connectivity index (χ4n) is 2.64. The summed E-state index contributed by atoms with van der Waals surface area (Å²) in [7, 11) is -3.55. The minimum Gasteiger partial charge on any atom is -0.378 e. The topological polar surface area (TPSA) is 147 Å². The van der Waals surface area contributed by atoms with Crippen LogP contribution in [0.15, 0.2) is 47.4 Å². The zero-order valence-electron chi connectivity index (χ0n) is 14.8. The number of rotatable bonds is 7. The number of aromatic nitrogens is 2. The molecule has 2 aromatic carbocycles. The molecule has 0 radical (unpaired) electrons. The van der Waals surface area contributed by atoms with Gasteiger partial charge < -0.3 is 10.6 Å². The van der Waals surface area contributed by atoms with Crippen LogP contribution in [0.3, 0.4) is 0 Å². The Balaban J connectivity index is 1.63. The van der Waals surface area contributed by atoms with Gasteiger partial charge in [0.2, 0.25) is 0 Å². The molecule has 0 aliphatic carbocycles. The summed E-state index contributed by atoms with van der Waals surface area (Å²) >= 11 is 0. The van der Waals surface area contributed by atoms with E-state index in [0.717, 1.165) is 17.8 Å². The van der Waals surface area contributed by atoms with Gasteiger partial charge in [-0.15, -0.1) is 0 Å². The van der Waals surface area contributed by atoms with E-state index < -0.39 is 14.8 Å². The van der Waals surface area contributed by atoms with Crippen molar-refractivity contribution in [2.75, 3.05) is 24.7 Å². The van der Waals surface area contributed by atoms with Gasteiger partial charge in [0.15, 0.2) is 15.5 Å². The van der Waals surface area contributed by atoms with Crippen molar-refractivity contribution in [3.63, 3.8) is 0 Å². The number of amides is 1. The van der Waals surface area contributed by atoms with Gasteiger partial charge >= 0.3 is 0 Å². The molecular formula is C17H17N5O5S. The molecular weight excluding hydrogens is 386 g/mol. The minimum atomic E-state index is -3.55. The summed E-state index contributed by atoms with van der Waals surface area (Å²) in [4.78, 5) is 22.7. The van der Waals surface area contributed by atoms with E-state index in [9.17, 15) is 23.3 Å². The van der Waals surface area contributed by atoms with Gasteiger partial charge in [-0.25, -0.2) is 8.42 Å². The van der Waals surface area contributed by atoms with E-state index in [1.165, 1.54) is 12.1 Å². The number of aromatic amines is 1. The number of nitro benzene ring substituents is 1.